The summed E-state index contributed by atoms with van der Waals surface area (Å²) in [7, 11) is 1.26. The van der Waals surface area contributed by atoms with Gasteiger partial charge in [0.05, 0.1) is 34.4 Å². The predicted molar refractivity (Wildman–Crippen MR) is 240 cm³/mol. The molecule has 0 bridgehead atoms. The molecule has 0 saturated carbocycles. The SMILES string of the molecule is CC/C=C\C/C=C\C/C=C\C/C=C\C/C=C\CCCCOCC(COP(=O)([O-])OCC[N+](C)(C)C)OC(=O)CCC/C=C\C/C=C\C/C=C\C/C=C\C/C=C\CC. The number of esters is 1. The Labute approximate surface area is 348 Å². The molecule has 0 aromatic rings. The average molecular weight is 812 g/mol. The molecule has 0 amide bonds. The van der Waals surface area contributed by atoms with Crippen LogP contribution in [0.2, 0.25) is 0 Å². The van der Waals surface area contributed by atoms with Gasteiger partial charge in [-0.2, -0.15) is 0 Å². The van der Waals surface area contributed by atoms with Crippen LogP contribution in [0.3, 0.4) is 0 Å². The fraction of sp³-hybridized carbons (Fsp3) is 0.562. The van der Waals surface area contributed by atoms with Crippen molar-refractivity contribution >= 4 is 13.8 Å². The molecule has 0 saturated heterocycles. The van der Waals surface area contributed by atoms with Crippen molar-refractivity contribution < 1.29 is 37.3 Å². The number of allylic oxidation sites excluding steroid dienone is 20. The lowest BCUT2D eigenvalue weighted by molar-refractivity contribution is -0.870. The maximum Gasteiger partial charge on any atom is 0.306 e. The maximum atomic E-state index is 12.6. The van der Waals surface area contributed by atoms with Crippen LogP contribution in [-0.2, 0) is 27.9 Å². The highest BCUT2D eigenvalue weighted by Crippen LogP contribution is 2.38. The van der Waals surface area contributed by atoms with Gasteiger partial charge in [-0.1, -0.05) is 135 Å². The van der Waals surface area contributed by atoms with Gasteiger partial charge in [-0.3, -0.25) is 9.36 Å². The third kappa shape index (κ3) is 43.9. The number of unbranched alkanes of at least 4 members (excludes halogenated alkanes) is 3. The quantitative estimate of drug-likeness (QED) is 0.0203. The first kappa shape index (κ1) is 53.9. The minimum Gasteiger partial charge on any atom is -0.756 e. The number of phosphoric acid groups is 1. The summed E-state index contributed by atoms with van der Waals surface area (Å²) in [6.45, 7) is 4.94. The van der Waals surface area contributed by atoms with Crippen molar-refractivity contribution in [2.45, 2.75) is 123 Å². The lowest BCUT2D eigenvalue weighted by atomic mass is 10.2. The van der Waals surface area contributed by atoms with Crippen LogP contribution >= 0.6 is 7.82 Å². The second kappa shape index (κ2) is 39.7. The van der Waals surface area contributed by atoms with Crippen LogP contribution in [0, 0.1) is 0 Å². The molecule has 0 N–H and O–H groups in total. The second-order valence-electron chi connectivity index (χ2n) is 14.6. The van der Waals surface area contributed by atoms with Crippen LogP contribution < -0.4 is 4.89 Å². The summed E-state index contributed by atoms with van der Waals surface area (Å²) in [6.07, 6.45) is 56.6. The summed E-state index contributed by atoms with van der Waals surface area (Å²) in [5.74, 6) is -0.412. The van der Waals surface area contributed by atoms with Gasteiger partial charge in [0.2, 0.25) is 0 Å². The number of hydrogen-bond acceptors (Lipinski definition) is 7. The first-order chi connectivity index (χ1) is 27.6. The van der Waals surface area contributed by atoms with Gasteiger partial charge in [-0.05, 0) is 96.3 Å². The number of hydrogen-bond donors (Lipinski definition) is 0. The molecule has 0 heterocycles. The van der Waals surface area contributed by atoms with E-state index in [1.807, 2.05) is 21.1 Å². The molecular formula is C48H78NO7P. The Hall–Kier alpha value is -3.10. The van der Waals surface area contributed by atoms with Crippen molar-refractivity contribution in [3.8, 4) is 0 Å². The molecule has 0 aliphatic rings. The van der Waals surface area contributed by atoms with Crippen LogP contribution in [0.4, 0.5) is 0 Å². The Kier molecular flexibility index (Phi) is 37.6. The van der Waals surface area contributed by atoms with Gasteiger partial charge >= 0.3 is 5.97 Å². The smallest absolute Gasteiger partial charge is 0.306 e. The molecule has 0 spiro atoms. The van der Waals surface area contributed by atoms with E-state index in [1.165, 1.54) is 0 Å². The van der Waals surface area contributed by atoms with Crippen molar-refractivity contribution in [1.82, 2.24) is 0 Å². The molecule has 0 aliphatic heterocycles. The molecule has 57 heavy (non-hydrogen) atoms. The van der Waals surface area contributed by atoms with E-state index in [0.717, 1.165) is 89.9 Å². The average Bonchev–Trinajstić information content (AvgIpc) is 3.16. The molecule has 2 unspecified atom stereocenters. The predicted octanol–water partition coefficient (Wildman–Crippen LogP) is 12.0. The third-order valence-corrected chi connectivity index (χ3v) is 8.97. The van der Waals surface area contributed by atoms with Crippen molar-refractivity contribution in [3.05, 3.63) is 122 Å². The molecule has 0 rings (SSSR count). The minimum atomic E-state index is -4.56. The zero-order valence-corrected chi connectivity index (χ0v) is 37.1. The highest BCUT2D eigenvalue weighted by molar-refractivity contribution is 7.45. The first-order valence-corrected chi connectivity index (χ1v) is 22.7. The van der Waals surface area contributed by atoms with Crippen LogP contribution in [0.15, 0.2) is 122 Å². The van der Waals surface area contributed by atoms with Crippen molar-refractivity contribution in [2.24, 2.45) is 0 Å². The number of rotatable bonds is 37. The van der Waals surface area contributed by atoms with Gasteiger partial charge in [0.1, 0.15) is 19.3 Å². The summed E-state index contributed by atoms with van der Waals surface area (Å²) in [5.41, 5.74) is 0. The van der Waals surface area contributed by atoms with Crippen LogP contribution in [-0.4, -0.2) is 70.7 Å². The fourth-order valence-corrected chi connectivity index (χ4v) is 5.51. The summed E-state index contributed by atoms with van der Waals surface area (Å²) in [6, 6.07) is 0. The lowest BCUT2D eigenvalue weighted by Gasteiger charge is -2.28. The molecule has 322 valence electrons. The minimum absolute atomic E-state index is 0.00107. The highest BCUT2D eigenvalue weighted by atomic mass is 31.2. The van der Waals surface area contributed by atoms with Crippen molar-refractivity contribution in [3.63, 3.8) is 0 Å². The van der Waals surface area contributed by atoms with E-state index in [0.29, 0.717) is 24.1 Å². The number of nitrogens with zero attached hydrogens (tertiary/aromatic N) is 1. The van der Waals surface area contributed by atoms with E-state index in [-0.39, 0.29) is 26.2 Å². The number of carbonyl (C=O) groups is 1. The van der Waals surface area contributed by atoms with Gasteiger partial charge in [0.25, 0.3) is 7.82 Å². The molecule has 8 nitrogen and oxygen atoms in total. The summed E-state index contributed by atoms with van der Waals surface area (Å²) in [5, 5.41) is 0. The highest BCUT2D eigenvalue weighted by Gasteiger charge is 2.20. The molecule has 0 aromatic carbocycles. The summed E-state index contributed by atoms with van der Waals surface area (Å²) >= 11 is 0. The van der Waals surface area contributed by atoms with Gasteiger partial charge in [-0.15, -0.1) is 0 Å². The Bertz CT molecular complexity index is 1310. The zero-order chi connectivity index (χ0) is 42.0. The number of phosphoric ester groups is 1. The van der Waals surface area contributed by atoms with Crippen LogP contribution in [0.5, 0.6) is 0 Å². The third-order valence-electron chi connectivity index (χ3n) is 8.01. The topological polar surface area (TPSA) is 94.1 Å². The molecule has 9 heteroatoms. The van der Waals surface area contributed by atoms with E-state index in [4.69, 9.17) is 18.5 Å². The molecule has 0 aliphatic carbocycles. The van der Waals surface area contributed by atoms with E-state index < -0.39 is 19.9 Å². The summed E-state index contributed by atoms with van der Waals surface area (Å²) in [4.78, 5) is 25.0. The monoisotopic (exact) mass is 812 g/mol. The lowest BCUT2D eigenvalue weighted by Crippen LogP contribution is -2.37. The van der Waals surface area contributed by atoms with Crippen LogP contribution in [0.25, 0.3) is 0 Å². The molecule has 0 fully saturated rings. The fourth-order valence-electron chi connectivity index (χ4n) is 4.78. The molecule has 2 atom stereocenters. The number of quaternary nitrogens is 1. The van der Waals surface area contributed by atoms with E-state index >= 15 is 0 Å². The Morgan fingerprint density at radius 2 is 0.947 bits per heavy atom. The van der Waals surface area contributed by atoms with E-state index in [2.05, 4.69) is 135 Å². The Balaban J connectivity index is 4.48. The van der Waals surface area contributed by atoms with E-state index in [1.54, 1.807) is 0 Å². The molecule has 0 radical (unpaired) electrons. The Morgan fingerprint density at radius 3 is 1.37 bits per heavy atom. The number of carbonyl (C=O) groups excluding carboxylic acids is 1. The van der Waals surface area contributed by atoms with Gasteiger partial charge in [0, 0.05) is 13.0 Å². The number of ether oxygens (including phenoxy) is 2. The van der Waals surface area contributed by atoms with Crippen LogP contribution in [0.1, 0.15) is 117 Å². The normalized spacial score (nSPS) is 15.0. The summed E-state index contributed by atoms with van der Waals surface area (Å²) < 4.78 is 34.4. The largest absolute Gasteiger partial charge is 0.756 e. The number of likely N-dealkylation sites (N-methyl/N-ethyl adjacent to an activating group) is 1. The molecular weight excluding hydrogens is 734 g/mol. The van der Waals surface area contributed by atoms with Crippen molar-refractivity contribution in [2.75, 3.05) is 54.1 Å². The Morgan fingerprint density at radius 1 is 0.544 bits per heavy atom. The van der Waals surface area contributed by atoms with Gasteiger partial charge in [-0.25, -0.2) is 0 Å². The van der Waals surface area contributed by atoms with Crippen molar-refractivity contribution in [1.29, 1.82) is 0 Å². The molecule has 0 aromatic heterocycles. The first-order valence-electron chi connectivity index (χ1n) is 21.3. The second-order valence-corrected chi connectivity index (χ2v) is 16.0. The zero-order valence-electron chi connectivity index (χ0n) is 36.2. The standard InChI is InChI=1S/C48H78NO7P/c1-6-8-10-12-14-16-18-20-22-24-26-28-30-32-34-36-38-40-43-53-45-47(46-55-57(51,52)54-44-42-49(3,4)5)56-48(50)41-39-37-35-33-31-29-27-25-23-21-19-17-15-13-11-9-7-2/h8-11,14-17,20-23,26-29,32-35,47H,6-7,12-13,18-19,24-25,30-31,36-46H2,1-5H3/b10-8-,11-9-,16-14-,17-15-,22-20-,23-21-,28-26-,29-27-,34-32-,35-33-. The van der Waals surface area contributed by atoms with Gasteiger partial charge < -0.3 is 27.9 Å². The van der Waals surface area contributed by atoms with E-state index in [9.17, 15) is 14.3 Å². The van der Waals surface area contributed by atoms with Gasteiger partial charge in [0.15, 0.2) is 0 Å². The maximum absolute atomic E-state index is 12.6.